The third-order valence-electron chi connectivity index (χ3n) is 5.23. The van der Waals surface area contributed by atoms with Crippen molar-refractivity contribution in [2.45, 2.75) is 40.0 Å². The van der Waals surface area contributed by atoms with Crippen LogP contribution in [0.15, 0.2) is 67.0 Å². The highest BCUT2D eigenvalue weighted by atomic mass is 32.1. The van der Waals surface area contributed by atoms with E-state index in [0.717, 1.165) is 22.4 Å². The summed E-state index contributed by atoms with van der Waals surface area (Å²) in [6, 6.07) is 15.7. The lowest BCUT2D eigenvalue weighted by atomic mass is 9.88. The summed E-state index contributed by atoms with van der Waals surface area (Å²) in [4.78, 5) is 0.368. The van der Waals surface area contributed by atoms with Gasteiger partial charge in [0.1, 0.15) is 5.82 Å². The third-order valence-corrected chi connectivity index (χ3v) is 5.53. The first-order valence-corrected chi connectivity index (χ1v) is 10.6. The van der Waals surface area contributed by atoms with Crippen LogP contribution in [-0.4, -0.2) is 10.1 Å². The molecule has 3 aromatic rings. The molecule has 0 atom stereocenters. The number of aryl methyl sites for hydroxylation is 2. The Morgan fingerprint density at radius 2 is 1.48 bits per heavy atom. The second-order valence-corrected chi connectivity index (χ2v) is 9.08. The van der Waals surface area contributed by atoms with E-state index in [1.807, 2.05) is 56.6 Å². The highest BCUT2D eigenvalue weighted by molar-refractivity contribution is 7.81. The molecule has 2 aromatic carbocycles. The lowest BCUT2D eigenvalue weighted by Gasteiger charge is -2.18. The molecule has 0 amide bonds. The van der Waals surface area contributed by atoms with Gasteiger partial charge >= 0.3 is 0 Å². The number of nitrogens with zero attached hydrogens (tertiary/aromatic N) is 1. The maximum Gasteiger partial charge on any atom is 0.288 e. The Kier molecular flexibility index (Phi) is 6.56. The molecule has 0 unspecified atom stereocenters. The first kappa shape index (κ1) is 22.6. The van der Waals surface area contributed by atoms with Crippen molar-refractivity contribution < 1.29 is 14.1 Å². The van der Waals surface area contributed by atoms with Gasteiger partial charge in [0.15, 0.2) is 23.1 Å². The molecule has 0 aliphatic rings. The van der Waals surface area contributed by atoms with Crippen LogP contribution in [0.25, 0.3) is 11.5 Å². The molecule has 0 saturated heterocycles. The molecule has 1 aromatic heterocycles. The fourth-order valence-electron chi connectivity index (χ4n) is 3.35. The maximum atomic E-state index is 13.4. The molecule has 160 valence electrons. The molecule has 31 heavy (non-hydrogen) atoms. The van der Waals surface area contributed by atoms with Crippen molar-refractivity contribution >= 4 is 34.3 Å². The van der Waals surface area contributed by atoms with Gasteiger partial charge < -0.3 is 10.4 Å². The number of halogens is 1. The number of benzene rings is 2. The van der Waals surface area contributed by atoms with Crippen LogP contribution in [0.4, 0.5) is 10.1 Å². The van der Waals surface area contributed by atoms with Gasteiger partial charge in [-0.3, -0.25) is 0 Å². The zero-order valence-electron chi connectivity index (χ0n) is 18.5. The van der Waals surface area contributed by atoms with Crippen molar-refractivity contribution in [2.24, 2.45) is 0 Å². The molecule has 0 aliphatic carbocycles. The van der Waals surface area contributed by atoms with Gasteiger partial charge in [-0.15, -0.1) is 0 Å². The van der Waals surface area contributed by atoms with E-state index in [4.69, 9.17) is 12.2 Å². The minimum absolute atomic E-state index is 0.00100. The minimum Gasteiger partial charge on any atom is -0.502 e. The van der Waals surface area contributed by atoms with E-state index >= 15 is 0 Å². The largest absolute Gasteiger partial charge is 0.502 e. The van der Waals surface area contributed by atoms with E-state index in [-0.39, 0.29) is 17.0 Å². The Morgan fingerprint density at radius 3 is 2.00 bits per heavy atom. The molecule has 5 heteroatoms. The van der Waals surface area contributed by atoms with Gasteiger partial charge in [0.2, 0.25) is 0 Å². The van der Waals surface area contributed by atoms with Crippen LogP contribution in [0.2, 0.25) is 0 Å². The molecule has 0 saturated carbocycles. The Hall–Kier alpha value is -3.05. The van der Waals surface area contributed by atoms with Crippen molar-refractivity contribution in [1.29, 1.82) is 0 Å². The van der Waals surface area contributed by atoms with Gasteiger partial charge in [0, 0.05) is 23.4 Å². The molecule has 0 spiro atoms. The number of thiocarbonyl (C=S) groups is 1. The van der Waals surface area contributed by atoms with Gasteiger partial charge in [-0.05, 0) is 60.2 Å². The van der Waals surface area contributed by atoms with Gasteiger partial charge in [0.25, 0.3) is 5.70 Å². The number of rotatable bonds is 4. The van der Waals surface area contributed by atoms with Gasteiger partial charge in [-0.25, -0.2) is 4.39 Å². The number of hydrogen-bond acceptors (Lipinski definition) is 2. The van der Waals surface area contributed by atoms with E-state index in [0.29, 0.717) is 16.2 Å². The van der Waals surface area contributed by atoms with Crippen LogP contribution >= 0.6 is 12.2 Å². The zero-order chi connectivity index (χ0) is 22.8. The topological polar surface area (TPSA) is 36.1 Å². The highest BCUT2D eigenvalue weighted by Gasteiger charge is 2.25. The molecular formula is C26H28FN2OS+. The van der Waals surface area contributed by atoms with Crippen LogP contribution in [0.3, 0.4) is 0 Å². The predicted octanol–water partition coefficient (Wildman–Crippen LogP) is 6.35. The number of pyridine rings is 1. The van der Waals surface area contributed by atoms with Gasteiger partial charge in [0.05, 0.1) is 0 Å². The molecule has 0 fully saturated rings. The zero-order valence-corrected chi connectivity index (χ0v) is 19.3. The number of aliphatic hydroxyl groups excluding tert-OH is 1. The maximum absolute atomic E-state index is 13.4. The Balaban J connectivity index is 2.11. The SMILES string of the molecule is Cc1cccc(C)c1NC(=S)/C(=C(\O)c1ccc(F)cc1)[n+]1ccc(C(C)(C)C)cc1. The standard InChI is InChI=1S/C26H27FN2OS/c1-17-7-6-8-18(2)22(17)28-25(31)23(24(30)19-9-11-21(27)12-10-19)29-15-13-20(14-16-29)26(3,4)5/h6-16H,1-5H3,(H-,28,30,31)/p+1. The summed E-state index contributed by atoms with van der Waals surface area (Å²) in [5.41, 5.74) is 5.08. The van der Waals surface area contributed by atoms with Crippen molar-refractivity contribution in [3.05, 3.63) is 95.1 Å². The number of hydrogen-bond donors (Lipinski definition) is 2. The highest BCUT2D eigenvalue weighted by Crippen LogP contribution is 2.24. The summed E-state index contributed by atoms with van der Waals surface area (Å²) in [7, 11) is 0. The molecule has 2 N–H and O–H groups in total. The van der Waals surface area contributed by atoms with E-state index in [2.05, 4.69) is 26.1 Å². The summed E-state index contributed by atoms with van der Waals surface area (Å²) in [6.45, 7) is 10.4. The average molecular weight is 436 g/mol. The first-order chi connectivity index (χ1) is 14.6. The van der Waals surface area contributed by atoms with E-state index in [1.54, 1.807) is 4.57 Å². The number of anilines is 1. The van der Waals surface area contributed by atoms with Crippen molar-refractivity contribution in [3.8, 4) is 0 Å². The van der Waals surface area contributed by atoms with Crippen LogP contribution in [-0.2, 0) is 5.41 Å². The molecule has 0 aliphatic heterocycles. The second-order valence-electron chi connectivity index (χ2n) is 8.67. The minimum atomic E-state index is -0.364. The quantitative estimate of drug-likeness (QED) is 0.217. The number of aliphatic hydroxyl groups is 1. The first-order valence-electron chi connectivity index (χ1n) is 10.2. The number of nitrogens with one attached hydrogen (secondary N) is 1. The van der Waals surface area contributed by atoms with Crippen molar-refractivity contribution in [2.75, 3.05) is 5.32 Å². The van der Waals surface area contributed by atoms with E-state index < -0.39 is 0 Å². The third kappa shape index (κ3) is 5.17. The summed E-state index contributed by atoms with van der Waals surface area (Å²) >= 11 is 5.74. The van der Waals surface area contributed by atoms with Crippen molar-refractivity contribution in [1.82, 2.24) is 0 Å². The van der Waals surface area contributed by atoms with E-state index in [1.165, 1.54) is 24.3 Å². The van der Waals surface area contributed by atoms with Crippen LogP contribution < -0.4 is 9.88 Å². The molecule has 1 heterocycles. The summed E-state index contributed by atoms with van der Waals surface area (Å²) in [6.07, 6.45) is 3.77. The lowest BCUT2D eigenvalue weighted by molar-refractivity contribution is -0.575. The average Bonchev–Trinajstić information content (AvgIpc) is 2.71. The predicted molar refractivity (Wildman–Crippen MR) is 130 cm³/mol. The summed E-state index contributed by atoms with van der Waals surface area (Å²) < 4.78 is 15.2. The van der Waals surface area contributed by atoms with Crippen LogP contribution in [0.1, 0.15) is 43.0 Å². The molecule has 3 rings (SSSR count). The smallest absolute Gasteiger partial charge is 0.288 e. The van der Waals surface area contributed by atoms with E-state index in [9.17, 15) is 9.50 Å². The summed E-state index contributed by atoms with van der Waals surface area (Å²) in [5.74, 6) is -0.395. The molecule has 3 nitrogen and oxygen atoms in total. The Labute approximate surface area is 188 Å². The second kappa shape index (κ2) is 8.98. The van der Waals surface area contributed by atoms with Crippen LogP contribution in [0.5, 0.6) is 0 Å². The molecule has 0 radical (unpaired) electrons. The normalized spacial score (nSPS) is 12.3. The Morgan fingerprint density at radius 1 is 0.935 bits per heavy atom. The lowest BCUT2D eigenvalue weighted by Crippen LogP contribution is -2.39. The molecule has 0 bridgehead atoms. The monoisotopic (exact) mass is 435 g/mol. The fourth-order valence-corrected chi connectivity index (χ4v) is 3.66. The van der Waals surface area contributed by atoms with Gasteiger partial charge in [-0.1, -0.05) is 51.2 Å². The number of para-hydroxylation sites is 1. The molecular weight excluding hydrogens is 407 g/mol. The van der Waals surface area contributed by atoms with Gasteiger partial charge in [-0.2, -0.15) is 4.57 Å². The summed E-state index contributed by atoms with van der Waals surface area (Å²) in [5, 5.41) is 14.5. The Bertz CT molecular complexity index is 1110. The van der Waals surface area contributed by atoms with Crippen LogP contribution in [0, 0.1) is 19.7 Å². The van der Waals surface area contributed by atoms with Crippen molar-refractivity contribution in [3.63, 3.8) is 0 Å². The number of aromatic nitrogens is 1. The fraction of sp³-hybridized carbons (Fsp3) is 0.231.